The fourth-order valence-corrected chi connectivity index (χ4v) is 1.15. The fourth-order valence-electron chi connectivity index (χ4n) is 1.15. The van der Waals surface area contributed by atoms with E-state index in [4.69, 9.17) is 0 Å². The molecular formula is C9H8N4O2. The van der Waals surface area contributed by atoms with E-state index < -0.39 is 0 Å². The Kier molecular flexibility index (Phi) is 2.17. The highest BCUT2D eigenvalue weighted by Crippen LogP contribution is 2.16. The van der Waals surface area contributed by atoms with Gasteiger partial charge in [0.2, 0.25) is 0 Å². The molecule has 0 aromatic carbocycles. The Bertz CT molecular complexity index is 492. The van der Waals surface area contributed by atoms with E-state index in [-0.39, 0.29) is 17.2 Å². The van der Waals surface area contributed by atoms with Crippen LogP contribution in [0.4, 0.5) is 0 Å². The van der Waals surface area contributed by atoms with E-state index in [1.54, 1.807) is 12.3 Å². The Balaban J connectivity index is 2.48. The predicted molar refractivity (Wildman–Crippen MR) is 50.8 cm³/mol. The number of rotatable bonds is 2. The number of aromatic nitrogens is 4. The van der Waals surface area contributed by atoms with Crippen LogP contribution >= 0.6 is 0 Å². The van der Waals surface area contributed by atoms with E-state index in [1.807, 2.05) is 0 Å². The molecule has 0 unspecified atom stereocenters. The molecule has 0 radical (unpaired) electrons. The lowest BCUT2D eigenvalue weighted by atomic mass is 10.3. The summed E-state index contributed by atoms with van der Waals surface area (Å²) in [6.07, 6.45) is 4.25. The molecule has 0 aliphatic carbocycles. The van der Waals surface area contributed by atoms with E-state index in [9.17, 15) is 9.90 Å². The summed E-state index contributed by atoms with van der Waals surface area (Å²) in [4.78, 5) is 18.7. The summed E-state index contributed by atoms with van der Waals surface area (Å²) in [7, 11) is 0. The topological polar surface area (TPSA) is 80.9 Å². The molecule has 76 valence electrons. The minimum atomic E-state index is -0.291. The maximum Gasteiger partial charge on any atom is 0.183 e. The quantitative estimate of drug-likeness (QED) is 0.723. The van der Waals surface area contributed by atoms with Crippen LogP contribution in [-0.4, -0.2) is 30.6 Å². The number of carbonyl (C=O) groups is 1. The highest BCUT2D eigenvalue weighted by molar-refractivity contribution is 5.94. The number of ketones is 1. The third kappa shape index (κ3) is 1.69. The van der Waals surface area contributed by atoms with Crippen molar-refractivity contribution in [1.29, 1.82) is 0 Å². The smallest absolute Gasteiger partial charge is 0.183 e. The van der Waals surface area contributed by atoms with Gasteiger partial charge in [0, 0.05) is 19.2 Å². The molecule has 2 heterocycles. The summed E-state index contributed by atoms with van der Waals surface area (Å²) < 4.78 is 1.33. The summed E-state index contributed by atoms with van der Waals surface area (Å²) in [5, 5.41) is 13.3. The van der Waals surface area contributed by atoms with Gasteiger partial charge in [-0.15, -0.1) is 0 Å². The zero-order valence-corrected chi connectivity index (χ0v) is 7.95. The lowest BCUT2D eigenvalue weighted by Gasteiger charge is -1.96. The van der Waals surface area contributed by atoms with Crippen molar-refractivity contribution in [3.63, 3.8) is 0 Å². The first-order chi connectivity index (χ1) is 7.18. The standard InChI is InChI=1S/C9H8N4O2/c1-6(14)9-7(15)4-13(12-9)8-2-3-10-5-11-8/h2-5,15H,1H3. The second kappa shape index (κ2) is 3.49. The minimum Gasteiger partial charge on any atom is -0.504 e. The number of carbonyl (C=O) groups excluding carboxylic acids is 1. The highest BCUT2D eigenvalue weighted by atomic mass is 16.3. The monoisotopic (exact) mass is 204 g/mol. The van der Waals surface area contributed by atoms with E-state index in [0.29, 0.717) is 5.82 Å². The van der Waals surface area contributed by atoms with Crippen LogP contribution in [0.2, 0.25) is 0 Å². The van der Waals surface area contributed by atoms with E-state index in [2.05, 4.69) is 15.1 Å². The van der Waals surface area contributed by atoms with Crippen molar-refractivity contribution in [1.82, 2.24) is 19.7 Å². The van der Waals surface area contributed by atoms with Crippen molar-refractivity contribution in [3.8, 4) is 11.6 Å². The van der Waals surface area contributed by atoms with Gasteiger partial charge in [0.25, 0.3) is 0 Å². The van der Waals surface area contributed by atoms with Crippen molar-refractivity contribution in [3.05, 3.63) is 30.5 Å². The van der Waals surface area contributed by atoms with E-state index in [1.165, 1.54) is 24.1 Å². The third-order valence-electron chi connectivity index (χ3n) is 1.83. The van der Waals surface area contributed by atoms with Crippen molar-refractivity contribution >= 4 is 5.78 Å². The highest BCUT2D eigenvalue weighted by Gasteiger charge is 2.12. The summed E-state index contributed by atoms with van der Waals surface area (Å²) in [5.74, 6) is 0.0502. The average Bonchev–Trinajstić information content (AvgIpc) is 2.62. The third-order valence-corrected chi connectivity index (χ3v) is 1.83. The first kappa shape index (κ1) is 9.32. The summed E-state index contributed by atoms with van der Waals surface area (Å²) in [6.45, 7) is 1.34. The molecular weight excluding hydrogens is 196 g/mol. The Morgan fingerprint density at radius 1 is 1.53 bits per heavy atom. The Labute approximate surface area is 85.2 Å². The zero-order chi connectivity index (χ0) is 10.8. The van der Waals surface area contributed by atoms with Crippen molar-refractivity contribution in [2.75, 3.05) is 0 Å². The number of aromatic hydroxyl groups is 1. The normalized spacial score (nSPS) is 10.2. The SMILES string of the molecule is CC(=O)c1nn(-c2ccncn2)cc1O. The minimum absolute atomic E-state index is 0.0358. The molecule has 0 atom stereocenters. The van der Waals surface area contributed by atoms with Gasteiger partial charge in [0.05, 0.1) is 6.20 Å². The summed E-state index contributed by atoms with van der Waals surface area (Å²) in [6, 6.07) is 1.62. The molecule has 0 aliphatic rings. The molecule has 0 spiro atoms. The van der Waals surface area contributed by atoms with Gasteiger partial charge in [-0.2, -0.15) is 5.10 Å². The van der Waals surface area contributed by atoms with Crippen LogP contribution in [0.5, 0.6) is 5.75 Å². The first-order valence-corrected chi connectivity index (χ1v) is 4.24. The van der Waals surface area contributed by atoms with Gasteiger partial charge < -0.3 is 5.11 Å². The largest absolute Gasteiger partial charge is 0.504 e. The van der Waals surface area contributed by atoms with Crippen LogP contribution in [0.1, 0.15) is 17.4 Å². The van der Waals surface area contributed by atoms with Crippen LogP contribution in [0.25, 0.3) is 5.82 Å². The van der Waals surface area contributed by atoms with Crippen LogP contribution in [0.15, 0.2) is 24.8 Å². The maximum atomic E-state index is 11.0. The van der Waals surface area contributed by atoms with Gasteiger partial charge in [0.15, 0.2) is 23.0 Å². The Morgan fingerprint density at radius 3 is 2.87 bits per heavy atom. The molecule has 2 aromatic rings. The average molecular weight is 204 g/mol. The maximum absolute atomic E-state index is 11.0. The van der Waals surface area contributed by atoms with Crippen LogP contribution in [-0.2, 0) is 0 Å². The van der Waals surface area contributed by atoms with Crippen LogP contribution in [0.3, 0.4) is 0 Å². The number of nitrogens with zero attached hydrogens (tertiary/aromatic N) is 4. The molecule has 1 N–H and O–H groups in total. The van der Waals surface area contributed by atoms with Crippen LogP contribution in [0, 0.1) is 0 Å². The molecule has 0 fully saturated rings. The summed E-state index contributed by atoms with van der Waals surface area (Å²) >= 11 is 0. The molecule has 0 saturated carbocycles. The van der Waals surface area contributed by atoms with Crippen LogP contribution < -0.4 is 0 Å². The van der Waals surface area contributed by atoms with Gasteiger partial charge in [-0.05, 0) is 0 Å². The van der Waals surface area contributed by atoms with Gasteiger partial charge in [-0.3, -0.25) is 4.79 Å². The van der Waals surface area contributed by atoms with Gasteiger partial charge in [-0.25, -0.2) is 14.6 Å². The molecule has 0 amide bonds. The lowest BCUT2D eigenvalue weighted by molar-refractivity contribution is 0.101. The second-order valence-electron chi connectivity index (χ2n) is 2.93. The predicted octanol–water partition coefficient (Wildman–Crippen LogP) is 0.570. The van der Waals surface area contributed by atoms with Crippen molar-refractivity contribution in [2.45, 2.75) is 6.92 Å². The molecule has 0 saturated heterocycles. The Morgan fingerprint density at radius 2 is 2.33 bits per heavy atom. The van der Waals surface area contributed by atoms with Gasteiger partial charge in [-0.1, -0.05) is 0 Å². The van der Waals surface area contributed by atoms with Gasteiger partial charge >= 0.3 is 0 Å². The van der Waals surface area contributed by atoms with E-state index >= 15 is 0 Å². The molecule has 15 heavy (non-hydrogen) atoms. The summed E-state index contributed by atoms with van der Waals surface area (Å²) in [5.41, 5.74) is 0.0358. The number of Topliss-reactive ketones (excluding diaryl/α,β-unsaturated/α-hetero) is 1. The lowest BCUT2D eigenvalue weighted by Crippen LogP contribution is -2.00. The number of hydrogen-bond acceptors (Lipinski definition) is 5. The Hall–Kier alpha value is -2.24. The first-order valence-electron chi connectivity index (χ1n) is 4.24. The molecule has 6 nitrogen and oxygen atoms in total. The molecule has 2 rings (SSSR count). The van der Waals surface area contributed by atoms with Crippen molar-refractivity contribution in [2.24, 2.45) is 0 Å². The molecule has 2 aromatic heterocycles. The molecule has 6 heteroatoms. The van der Waals surface area contributed by atoms with E-state index in [0.717, 1.165) is 0 Å². The number of hydrogen-bond donors (Lipinski definition) is 1. The zero-order valence-electron chi connectivity index (χ0n) is 7.95. The molecule has 0 bridgehead atoms. The fraction of sp³-hybridized carbons (Fsp3) is 0.111. The van der Waals surface area contributed by atoms with Crippen molar-refractivity contribution < 1.29 is 9.90 Å². The second-order valence-corrected chi connectivity index (χ2v) is 2.93. The molecule has 0 aliphatic heterocycles. The van der Waals surface area contributed by atoms with Gasteiger partial charge in [0.1, 0.15) is 6.33 Å².